The highest BCUT2D eigenvalue weighted by Crippen LogP contribution is 2.55. The highest BCUT2D eigenvalue weighted by molar-refractivity contribution is 6.21. The average Bonchev–Trinajstić information content (AvgIpc) is 2.42. The minimum absolute atomic E-state index is 0.261. The second-order valence-electron chi connectivity index (χ2n) is 6.37. The molecule has 0 amide bonds. The van der Waals surface area contributed by atoms with E-state index in [0.717, 1.165) is 12.2 Å². The van der Waals surface area contributed by atoms with Crippen molar-refractivity contribution >= 4 is 11.6 Å². The number of benzene rings is 1. The molecule has 19 heavy (non-hydrogen) atoms. The summed E-state index contributed by atoms with van der Waals surface area (Å²) in [5, 5.41) is 0.323. The lowest BCUT2D eigenvalue weighted by Crippen LogP contribution is -2.58. The van der Waals surface area contributed by atoms with Gasteiger partial charge in [-0.15, -0.1) is 11.6 Å². The zero-order valence-corrected chi connectivity index (χ0v) is 12.7. The van der Waals surface area contributed by atoms with Gasteiger partial charge in [0.2, 0.25) is 0 Å². The third-order valence-corrected chi connectivity index (χ3v) is 5.68. The van der Waals surface area contributed by atoms with E-state index in [-0.39, 0.29) is 5.41 Å². The first-order valence-electron chi connectivity index (χ1n) is 7.50. The molecule has 0 radical (unpaired) electrons. The predicted molar refractivity (Wildman–Crippen MR) is 80.1 cm³/mol. The van der Waals surface area contributed by atoms with Gasteiger partial charge in [-0.2, -0.15) is 0 Å². The summed E-state index contributed by atoms with van der Waals surface area (Å²) >= 11 is 6.53. The van der Waals surface area contributed by atoms with Crippen LogP contribution in [0.15, 0.2) is 18.2 Å². The minimum Gasteiger partial charge on any atom is -0.489 e. The first kappa shape index (κ1) is 13.3. The largest absolute Gasteiger partial charge is 0.489 e. The van der Waals surface area contributed by atoms with Crippen molar-refractivity contribution in [2.75, 3.05) is 0 Å². The Morgan fingerprint density at radius 2 is 1.89 bits per heavy atom. The third kappa shape index (κ3) is 2.27. The quantitative estimate of drug-likeness (QED) is 0.691. The molecule has 0 bridgehead atoms. The lowest BCUT2D eigenvalue weighted by Gasteiger charge is -2.55. The summed E-state index contributed by atoms with van der Waals surface area (Å²) in [6.07, 6.45) is 7.83. The number of halogens is 1. The Morgan fingerprint density at radius 1 is 1.16 bits per heavy atom. The van der Waals surface area contributed by atoms with Crippen molar-refractivity contribution in [1.29, 1.82) is 0 Å². The first-order chi connectivity index (χ1) is 9.12. The van der Waals surface area contributed by atoms with Gasteiger partial charge in [0.05, 0.1) is 0 Å². The number of ether oxygens (including phenoxy) is 1. The number of rotatable bonds is 2. The maximum Gasteiger partial charge on any atom is 0.122 e. The van der Waals surface area contributed by atoms with Crippen LogP contribution in [0.5, 0.6) is 5.75 Å². The monoisotopic (exact) mass is 278 g/mol. The van der Waals surface area contributed by atoms with Gasteiger partial charge >= 0.3 is 0 Å². The van der Waals surface area contributed by atoms with Crippen molar-refractivity contribution in [2.45, 2.75) is 63.9 Å². The molecular weight excluding hydrogens is 256 g/mol. The summed E-state index contributed by atoms with van der Waals surface area (Å²) in [7, 11) is 0. The van der Waals surface area contributed by atoms with Gasteiger partial charge in [-0.1, -0.05) is 37.0 Å². The second kappa shape index (κ2) is 5.01. The molecular formula is C17H23ClO. The Balaban J connectivity index is 1.76. The maximum atomic E-state index is 6.53. The molecule has 3 rings (SSSR count). The van der Waals surface area contributed by atoms with Crippen molar-refractivity contribution in [3.63, 3.8) is 0 Å². The van der Waals surface area contributed by atoms with E-state index in [2.05, 4.69) is 32.0 Å². The van der Waals surface area contributed by atoms with Crippen LogP contribution < -0.4 is 4.74 Å². The highest BCUT2D eigenvalue weighted by atomic mass is 35.5. The fraction of sp³-hybridized carbons (Fsp3) is 0.647. The fourth-order valence-corrected chi connectivity index (χ4v) is 4.31. The molecule has 0 heterocycles. The van der Waals surface area contributed by atoms with Crippen molar-refractivity contribution < 1.29 is 4.74 Å². The van der Waals surface area contributed by atoms with Gasteiger partial charge in [0.1, 0.15) is 11.9 Å². The lowest BCUT2D eigenvalue weighted by atomic mass is 9.58. The summed E-state index contributed by atoms with van der Waals surface area (Å²) in [6.45, 7) is 4.25. The zero-order valence-electron chi connectivity index (χ0n) is 11.9. The van der Waals surface area contributed by atoms with Crippen molar-refractivity contribution in [2.24, 2.45) is 5.41 Å². The van der Waals surface area contributed by atoms with Gasteiger partial charge < -0.3 is 4.74 Å². The maximum absolute atomic E-state index is 6.53. The van der Waals surface area contributed by atoms with E-state index in [1.165, 1.54) is 43.2 Å². The Hall–Kier alpha value is -0.690. The van der Waals surface area contributed by atoms with Crippen LogP contribution in [0.4, 0.5) is 0 Å². The number of hydrogen-bond donors (Lipinski definition) is 0. The molecule has 2 saturated carbocycles. The lowest BCUT2D eigenvalue weighted by molar-refractivity contribution is -0.0653. The summed E-state index contributed by atoms with van der Waals surface area (Å²) in [4.78, 5) is 0. The van der Waals surface area contributed by atoms with Crippen molar-refractivity contribution in [3.05, 3.63) is 29.3 Å². The van der Waals surface area contributed by atoms with Gasteiger partial charge in [0.15, 0.2) is 0 Å². The van der Waals surface area contributed by atoms with Crippen LogP contribution in [0.1, 0.15) is 49.7 Å². The Kier molecular flexibility index (Phi) is 3.51. The van der Waals surface area contributed by atoms with E-state index in [1.54, 1.807) is 0 Å². The van der Waals surface area contributed by atoms with Crippen molar-refractivity contribution in [1.82, 2.24) is 0 Å². The zero-order chi connectivity index (χ0) is 13.5. The normalized spacial score (nSPS) is 29.0. The smallest absolute Gasteiger partial charge is 0.122 e. The second-order valence-corrected chi connectivity index (χ2v) is 6.90. The molecule has 0 saturated heterocycles. The van der Waals surface area contributed by atoms with Crippen LogP contribution in [0.3, 0.4) is 0 Å². The molecule has 0 N–H and O–H groups in total. The van der Waals surface area contributed by atoms with Crippen LogP contribution >= 0.6 is 11.6 Å². The molecule has 2 aliphatic rings. The molecule has 2 aliphatic carbocycles. The Morgan fingerprint density at radius 3 is 2.53 bits per heavy atom. The topological polar surface area (TPSA) is 9.23 Å². The average molecular weight is 279 g/mol. The van der Waals surface area contributed by atoms with Crippen LogP contribution in [0.2, 0.25) is 0 Å². The minimum atomic E-state index is 0.261. The van der Waals surface area contributed by atoms with Gasteiger partial charge in [-0.3, -0.25) is 0 Å². The highest BCUT2D eigenvalue weighted by Gasteiger charge is 2.55. The molecule has 2 fully saturated rings. The molecule has 1 nitrogen and oxygen atoms in total. The number of alkyl halides is 1. The summed E-state index contributed by atoms with van der Waals surface area (Å²) in [5.74, 6) is 1.05. The molecule has 104 valence electrons. The SMILES string of the molecule is Cc1ccc(OC2CC(Cl)C23CCCCC3)c(C)c1. The van der Waals surface area contributed by atoms with Gasteiger partial charge in [-0.25, -0.2) is 0 Å². The third-order valence-electron chi connectivity index (χ3n) is 5.07. The molecule has 0 aromatic heterocycles. The van der Waals surface area contributed by atoms with Crippen LogP contribution in [0.25, 0.3) is 0 Å². The molecule has 0 aliphatic heterocycles. The van der Waals surface area contributed by atoms with E-state index in [4.69, 9.17) is 16.3 Å². The standard InChI is InChI=1S/C17H23ClO/c1-12-6-7-14(13(2)10-12)19-16-11-15(18)17(16)8-4-3-5-9-17/h6-7,10,15-16H,3-5,8-9,11H2,1-2H3. The number of hydrogen-bond acceptors (Lipinski definition) is 1. The predicted octanol–water partition coefficient (Wildman–Crippen LogP) is 5.01. The fourth-order valence-electron chi connectivity index (χ4n) is 3.79. The van der Waals surface area contributed by atoms with Crippen LogP contribution in [0, 0.1) is 19.3 Å². The van der Waals surface area contributed by atoms with E-state index < -0.39 is 0 Å². The molecule has 2 unspecified atom stereocenters. The Labute approximate surface area is 121 Å². The molecule has 1 aromatic rings. The van der Waals surface area contributed by atoms with E-state index in [9.17, 15) is 0 Å². The van der Waals surface area contributed by atoms with Gasteiger partial charge in [-0.05, 0) is 38.3 Å². The number of aryl methyl sites for hydroxylation is 2. The summed E-state index contributed by atoms with van der Waals surface area (Å²) < 4.78 is 6.32. The molecule has 1 aromatic carbocycles. The van der Waals surface area contributed by atoms with Gasteiger partial charge in [0.25, 0.3) is 0 Å². The van der Waals surface area contributed by atoms with Gasteiger partial charge in [0, 0.05) is 17.2 Å². The van der Waals surface area contributed by atoms with Crippen LogP contribution in [-0.2, 0) is 0 Å². The summed E-state index contributed by atoms with van der Waals surface area (Å²) in [5.41, 5.74) is 2.79. The van der Waals surface area contributed by atoms with Crippen LogP contribution in [-0.4, -0.2) is 11.5 Å². The first-order valence-corrected chi connectivity index (χ1v) is 7.93. The molecule has 2 heteroatoms. The molecule has 2 atom stereocenters. The summed E-state index contributed by atoms with van der Waals surface area (Å²) in [6, 6.07) is 6.44. The van der Waals surface area contributed by atoms with E-state index >= 15 is 0 Å². The van der Waals surface area contributed by atoms with E-state index in [1.807, 2.05) is 0 Å². The Bertz CT molecular complexity index is 462. The molecule has 1 spiro atoms. The van der Waals surface area contributed by atoms with E-state index in [0.29, 0.717) is 11.5 Å². The van der Waals surface area contributed by atoms with Crippen molar-refractivity contribution in [3.8, 4) is 5.75 Å².